The summed E-state index contributed by atoms with van der Waals surface area (Å²) in [5.41, 5.74) is 0.208. The molecule has 4 heteroatoms. The minimum Gasteiger partial charge on any atom is -0.207 e. The third-order valence-electron chi connectivity index (χ3n) is 4.65. The van der Waals surface area contributed by atoms with E-state index in [1.165, 1.54) is 12.1 Å². The van der Waals surface area contributed by atoms with Crippen LogP contribution in [0.1, 0.15) is 37.3 Å². The first-order valence-electron chi connectivity index (χ1n) is 7.97. The zero-order valence-corrected chi connectivity index (χ0v) is 12.9. The van der Waals surface area contributed by atoms with Crippen molar-refractivity contribution >= 4 is 0 Å². The molecule has 0 radical (unpaired) electrons. The Morgan fingerprint density at radius 3 is 2.26 bits per heavy atom. The Balaban J connectivity index is 2.11. The minimum atomic E-state index is -1.18. The van der Waals surface area contributed by atoms with E-state index in [1.807, 2.05) is 6.92 Å². The van der Waals surface area contributed by atoms with E-state index < -0.39 is 28.8 Å². The van der Waals surface area contributed by atoms with Gasteiger partial charge in [0.1, 0.15) is 11.6 Å². The lowest BCUT2D eigenvalue weighted by Gasteiger charge is -2.26. The molecule has 0 bridgehead atoms. The quantitative estimate of drug-likeness (QED) is 0.494. The Bertz CT molecular complexity index is 719. The van der Waals surface area contributed by atoms with Gasteiger partial charge in [-0.1, -0.05) is 31.9 Å². The second-order valence-electron chi connectivity index (χ2n) is 6.18. The fourth-order valence-electron chi connectivity index (χ4n) is 3.49. The Labute approximate surface area is 133 Å². The van der Waals surface area contributed by atoms with Gasteiger partial charge in [-0.05, 0) is 54.0 Å². The zero-order valence-electron chi connectivity index (χ0n) is 12.9. The lowest BCUT2D eigenvalue weighted by molar-refractivity contribution is 0.391. The van der Waals surface area contributed by atoms with Crippen LogP contribution >= 0.6 is 0 Å². The fraction of sp³-hybridized carbons (Fsp3) is 0.368. The molecule has 0 aromatic heterocycles. The van der Waals surface area contributed by atoms with Crippen LogP contribution in [0.2, 0.25) is 0 Å². The maximum Gasteiger partial charge on any atom is 0.169 e. The van der Waals surface area contributed by atoms with Crippen molar-refractivity contribution in [2.45, 2.75) is 39.0 Å². The predicted octanol–water partition coefficient (Wildman–Crippen LogP) is 5.82. The first kappa shape index (κ1) is 16.0. The van der Waals surface area contributed by atoms with Crippen LogP contribution in [0, 0.1) is 29.2 Å². The summed E-state index contributed by atoms with van der Waals surface area (Å²) in [6, 6.07) is 4.77. The van der Waals surface area contributed by atoms with Crippen molar-refractivity contribution in [3.8, 4) is 11.1 Å². The van der Waals surface area contributed by atoms with Crippen molar-refractivity contribution in [1.82, 2.24) is 0 Å². The second-order valence-corrected chi connectivity index (χ2v) is 6.18. The number of rotatable bonds is 3. The number of benzene rings is 2. The second kappa shape index (κ2) is 6.34. The van der Waals surface area contributed by atoms with Gasteiger partial charge < -0.3 is 0 Å². The molecule has 23 heavy (non-hydrogen) atoms. The van der Waals surface area contributed by atoms with Gasteiger partial charge in [-0.2, -0.15) is 0 Å². The Hall–Kier alpha value is -1.84. The maximum absolute atomic E-state index is 14.8. The molecule has 1 aliphatic carbocycles. The molecular weight excluding hydrogens is 304 g/mol. The van der Waals surface area contributed by atoms with Gasteiger partial charge in [0, 0.05) is 0 Å². The van der Waals surface area contributed by atoms with E-state index in [4.69, 9.17) is 0 Å². The lowest BCUT2D eigenvalue weighted by Crippen LogP contribution is -2.19. The Morgan fingerprint density at radius 1 is 0.913 bits per heavy atom. The molecule has 0 nitrogen and oxygen atoms in total. The average Bonchev–Trinajstić information content (AvgIpc) is 2.55. The van der Waals surface area contributed by atoms with E-state index in [-0.39, 0.29) is 22.6 Å². The SMILES string of the molecule is CCCC1CCc2c(F)c(-c3ccc(F)cc3)c(F)c(F)c2C1. The zero-order chi connectivity index (χ0) is 16.6. The molecule has 0 heterocycles. The van der Waals surface area contributed by atoms with E-state index in [0.717, 1.165) is 31.4 Å². The highest BCUT2D eigenvalue weighted by Gasteiger charge is 2.30. The summed E-state index contributed by atoms with van der Waals surface area (Å²) in [5, 5.41) is 0. The molecule has 0 N–H and O–H groups in total. The molecule has 122 valence electrons. The summed E-state index contributed by atoms with van der Waals surface area (Å²) >= 11 is 0. The minimum absolute atomic E-state index is 0.152. The van der Waals surface area contributed by atoms with Crippen LogP contribution < -0.4 is 0 Å². The molecule has 1 unspecified atom stereocenters. The molecule has 0 aliphatic heterocycles. The van der Waals surface area contributed by atoms with Crippen molar-refractivity contribution in [3.63, 3.8) is 0 Å². The van der Waals surface area contributed by atoms with Crippen molar-refractivity contribution in [2.75, 3.05) is 0 Å². The number of fused-ring (bicyclic) bond motifs is 1. The summed E-state index contributed by atoms with van der Waals surface area (Å²) in [4.78, 5) is 0. The Kier molecular flexibility index (Phi) is 4.42. The van der Waals surface area contributed by atoms with Gasteiger partial charge in [-0.3, -0.25) is 0 Å². The van der Waals surface area contributed by atoms with Gasteiger partial charge in [0.2, 0.25) is 0 Å². The molecule has 0 amide bonds. The normalized spacial score (nSPS) is 17.2. The number of hydrogen-bond acceptors (Lipinski definition) is 0. The molecular formula is C19H18F4. The topological polar surface area (TPSA) is 0 Å². The summed E-state index contributed by atoms with van der Waals surface area (Å²) in [7, 11) is 0. The fourth-order valence-corrected chi connectivity index (χ4v) is 3.49. The highest BCUT2D eigenvalue weighted by atomic mass is 19.2. The van der Waals surface area contributed by atoms with Gasteiger partial charge in [-0.25, -0.2) is 17.6 Å². The smallest absolute Gasteiger partial charge is 0.169 e. The van der Waals surface area contributed by atoms with E-state index in [9.17, 15) is 17.6 Å². The van der Waals surface area contributed by atoms with Gasteiger partial charge in [-0.15, -0.1) is 0 Å². The van der Waals surface area contributed by atoms with Gasteiger partial charge in [0.25, 0.3) is 0 Å². The average molecular weight is 322 g/mol. The predicted molar refractivity (Wildman–Crippen MR) is 82.1 cm³/mol. The summed E-state index contributed by atoms with van der Waals surface area (Å²) in [5.74, 6) is -3.07. The van der Waals surface area contributed by atoms with Gasteiger partial charge in [0.15, 0.2) is 11.6 Å². The molecule has 0 fully saturated rings. The monoisotopic (exact) mass is 322 g/mol. The summed E-state index contributed by atoms with van der Waals surface area (Å²) in [6.07, 6.45) is 3.48. The van der Waals surface area contributed by atoms with Crippen molar-refractivity contribution in [2.24, 2.45) is 5.92 Å². The summed E-state index contributed by atoms with van der Waals surface area (Å²) in [6.45, 7) is 2.05. The molecule has 3 rings (SSSR count). The standard InChI is InChI=1S/C19H18F4/c1-2-3-11-4-9-14-15(10-11)18(22)19(23)16(17(14)21)12-5-7-13(20)8-6-12/h5-8,11H,2-4,9-10H2,1H3. The van der Waals surface area contributed by atoms with Crippen molar-refractivity contribution in [1.29, 1.82) is 0 Å². The van der Waals surface area contributed by atoms with Crippen LogP contribution in [-0.4, -0.2) is 0 Å². The van der Waals surface area contributed by atoms with Crippen LogP contribution in [-0.2, 0) is 12.8 Å². The van der Waals surface area contributed by atoms with E-state index in [0.29, 0.717) is 12.8 Å². The van der Waals surface area contributed by atoms with Gasteiger partial charge >= 0.3 is 0 Å². The molecule has 0 saturated heterocycles. The lowest BCUT2D eigenvalue weighted by atomic mass is 9.80. The first-order chi connectivity index (χ1) is 11.0. The van der Waals surface area contributed by atoms with Crippen molar-refractivity contribution < 1.29 is 17.6 Å². The van der Waals surface area contributed by atoms with Crippen LogP contribution in [0.15, 0.2) is 24.3 Å². The molecule has 0 spiro atoms. The molecule has 1 atom stereocenters. The molecule has 0 saturated carbocycles. The first-order valence-corrected chi connectivity index (χ1v) is 7.97. The van der Waals surface area contributed by atoms with E-state index in [1.54, 1.807) is 0 Å². The van der Waals surface area contributed by atoms with Crippen LogP contribution in [0.25, 0.3) is 11.1 Å². The van der Waals surface area contributed by atoms with Crippen LogP contribution in [0.3, 0.4) is 0 Å². The highest BCUT2D eigenvalue weighted by Crippen LogP contribution is 2.38. The van der Waals surface area contributed by atoms with Gasteiger partial charge in [0.05, 0.1) is 5.56 Å². The molecule has 1 aliphatic rings. The third-order valence-corrected chi connectivity index (χ3v) is 4.65. The van der Waals surface area contributed by atoms with Crippen molar-refractivity contribution in [3.05, 3.63) is 58.7 Å². The Morgan fingerprint density at radius 2 is 1.61 bits per heavy atom. The third kappa shape index (κ3) is 2.87. The van der Waals surface area contributed by atoms with Crippen LogP contribution in [0.5, 0.6) is 0 Å². The number of halogens is 4. The van der Waals surface area contributed by atoms with E-state index >= 15 is 0 Å². The molecule has 2 aromatic carbocycles. The molecule has 2 aromatic rings. The number of hydrogen-bond donors (Lipinski definition) is 0. The largest absolute Gasteiger partial charge is 0.207 e. The highest BCUT2D eigenvalue weighted by molar-refractivity contribution is 5.67. The maximum atomic E-state index is 14.8. The van der Waals surface area contributed by atoms with Crippen LogP contribution in [0.4, 0.5) is 17.6 Å². The van der Waals surface area contributed by atoms with E-state index in [2.05, 4.69) is 0 Å². The summed E-state index contributed by atoms with van der Waals surface area (Å²) < 4.78 is 56.7.